The molecule has 0 aliphatic heterocycles. The summed E-state index contributed by atoms with van der Waals surface area (Å²) in [6, 6.07) is 3.21. The maximum Gasteiger partial charge on any atom is 0.265 e. The second kappa shape index (κ2) is 6.11. The third kappa shape index (κ3) is 3.85. The van der Waals surface area contributed by atoms with E-state index in [0.717, 1.165) is 18.2 Å². The number of amides is 1. The lowest BCUT2D eigenvalue weighted by Crippen LogP contribution is -2.36. The molecule has 0 heterocycles. The fraction of sp³-hybridized carbons (Fsp3) is 0.300. The molecule has 1 amide bonds. The number of carbonyl (C=O) groups excluding carboxylic acids is 1. The highest BCUT2D eigenvalue weighted by Gasteiger charge is 2.23. The minimum Gasteiger partial charge on any atom is -0.398 e. The lowest BCUT2D eigenvalue weighted by molar-refractivity contribution is -0.000450. The van der Waals surface area contributed by atoms with E-state index in [-0.39, 0.29) is 11.3 Å². The molecule has 10 heteroatoms. The Morgan fingerprint density at radius 2 is 2.00 bits per heavy atom. The standard InChI is InChI=1S/C10H13F2N3O4S/c11-9(12)7(16)4-15-20(18,19)8-2-1-5(10(14)17)3-6(8)13/h1-3,7,9,15-16H,4,13H2,(H2,14,17). The minimum atomic E-state index is -4.18. The lowest BCUT2D eigenvalue weighted by Gasteiger charge is -2.12. The van der Waals surface area contributed by atoms with Gasteiger partial charge in [-0.25, -0.2) is 21.9 Å². The molecule has 1 unspecified atom stereocenters. The summed E-state index contributed by atoms with van der Waals surface area (Å²) < 4.78 is 49.5. The molecule has 0 aliphatic carbocycles. The van der Waals surface area contributed by atoms with Crippen LogP contribution in [0.2, 0.25) is 0 Å². The summed E-state index contributed by atoms with van der Waals surface area (Å²) in [6.45, 7) is -0.864. The van der Waals surface area contributed by atoms with Gasteiger partial charge >= 0.3 is 0 Å². The molecule has 1 aromatic carbocycles. The predicted octanol–water partition coefficient (Wildman–Crippen LogP) is -0.728. The van der Waals surface area contributed by atoms with Crippen LogP contribution in [0.4, 0.5) is 14.5 Å². The van der Waals surface area contributed by atoms with Crippen molar-refractivity contribution in [3.05, 3.63) is 23.8 Å². The molecule has 1 atom stereocenters. The smallest absolute Gasteiger partial charge is 0.265 e. The molecular formula is C10H13F2N3O4S. The highest BCUT2D eigenvalue weighted by atomic mass is 32.2. The molecule has 0 aliphatic rings. The largest absolute Gasteiger partial charge is 0.398 e. The zero-order valence-corrected chi connectivity index (χ0v) is 10.9. The average molecular weight is 309 g/mol. The number of hydrogen-bond acceptors (Lipinski definition) is 5. The van der Waals surface area contributed by atoms with Gasteiger partial charge in [-0.15, -0.1) is 0 Å². The van der Waals surface area contributed by atoms with Crippen molar-refractivity contribution in [2.75, 3.05) is 12.3 Å². The first kappa shape index (κ1) is 16.3. The Hall–Kier alpha value is -1.78. The van der Waals surface area contributed by atoms with Crippen LogP contribution in [-0.4, -0.2) is 38.5 Å². The Balaban J connectivity index is 2.96. The van der Waals surface area contributed by atoms with Crippen LogP contribution < -0.4 is 16.2 Å². The summed E-state index contributed by atoms with van der Waals surface area (Å²) >= 11 is 0. The maximum atomic E-state index is 12.1. The van der Waals surface area contributed by atoms with Gasteiger partial charge in [0.05, 0.1) is 5.69 Å². The SMILES string of the molecule is NC(=O)c1ccc(S(=O)(=O)NCC(O)C(F)F)c(N)c1. The van der Waals surface area contributed by atoms with Gasteiger partial charge in [-0.05, 0) is 18.2 Å². The van der Waals surface area contributed by atoms with E-state index in [0.29, 0.717) is 0 Å². The zero-order valence-electron chi connectivity index (χ0n) is 10.1. The highest BCUT2D eigenvalue weighted by molar-refractivity contribution is 7.89. The van der Waals surface area contributed by atoms with Crippen LogP contribution in [0.1, 0.15) is 10.4 Å². The van der Waals surface area contributed by atoms with Crippen molar-refractivity contribution in [3.8, 4) is 0 Å². The van der Waals surface area contributed by atoms with E-state index in [2.05, 4.69) is 0 Å². The number of anilines is 1. The Labute approximate surface area is 113 Å². The number of primary amides is 1. The molecule has 0 saturated heterocycles. The molecule has 20 heavy (non-hydrogen) atoms. The van der Waals surface area contributed by atoms with Gasteiger partial charge in [0.25, 0.3) is 6.43 Å². The van der Waals surface area contributed by atoms with E-state index in [9.17, 15) is 22.0 Å². The van der Waals surface area contributed by atoms with E-state index in [1.165, 1.54) is 0 Å². The summed E-state index contributed by atoms with van der Waals surface area (Å²) in [5, 5.41) is 8.85. The highest BCUT2D eigenvalue weighted by Crippen LogP contribution is 2.19. The molecule has 0 saturated carbocycles. The third-order valence-electron chi connectivity index (χ3n) is 2.36. The molecular weight excluding hydrogens is 296 g/mol. The van der Waals surface area contributed by atoms with Gasteiger partial charge in [0.2, 0.25) is 15.9 Å². The summed E-state index contributed by atoms with van der Waals surface area (Å²) in [6.07, 6.45) is -5.21. The second-order valence-electron chi connectivity index (χ2n) is 3.87. The number of nitrogens with one attached hydrogen (secondary N) is 1. The fourth-order valence-corrected chi connectivity index (χ4v) is 2.47. The Bertz CT molecular complexity index is 607. The molecule has 0 spiro atoms. The van der Waals surface area contributed by atoms with Gasteiger partial charge in [-0.3, -0.25) is 4.79 Å². The number of rotatable bonds is 6. The summed E-state index contributed by atoms with van der Waals surface area (Å²) in [7, 11) is -4.18. The maximum absolute atomic E-state index is 12.1. The first-order valence-corrected chi connectivity index (χ1v) is 6.78. The summed E-state index contributed by atoms with van der Waals surface area (Å²) in [4.78, 5) is 10.5. The van der Waals surface area contributed by atoms with Crippen LogP contribution in [0.25, 0.3) is 0 Å². The van der Waals surface area contributed by atoms with E-state index < -0.39 is 39.9 Å². The predicted molar refractivity (Wildman–Crippen MR) is 66.6 cm³/mol. The van der Waals surface area contributed by atoms with Crippen LogP contribution in [0.3, 0.4) is 0 Å². The van der Waals surface area contributed by atoms with Gasteiger partial charge in [0, 0.05) is 12.1 Å². The molecule has 1 aromatic rings. The number of carbonyl (C=O) groups is 1. The summed E-state index contributed by atoms with van der Waals surface area (Å²) in [5.41, 5.74) is 10.2. The topological polar surface area (TPSA) is 136 Å². The van der Waals surface area contributed by atoms with E-state index in [4.69, 9.17) is 16.6 Å². The van der Waals surface area contributed by atoms with Crippen LogP contribution in [0, 0.1) is 0 Å². The van der Waals surface area contributed by atoms with E-state index in [1.807, 2.05) is 0 Å². The normalized spacial score (nSPS) is 13.4. The Morgan fingerprint density at radius 1 is 1.40 bits per heavy atom. The zero-order chi connectivity index (χ0) is 15.5. The lowest BCUT2D eigenvalue weighted by atomic mass is 10.2. The van der Waals surface area contributed by atoms with Gasteiger partial charge in [0.1, 0.15) is 11.0 Å². The minimum absolute atomic E-state index is 0.00839. The van der Waals surface area contributed by atoms with Crippen LogP contribution in [-0.2, 0) is 10.0 Å². The van der Waals surface area contributed by atoms with Crippen molar-refractivity contribution in [2.24, 2.45) is 5.73 Å². The first-order chi connectivity index (χ1) is 9.15. The number of sulfonamides is 1. The number of benzene rings is 1. The molecule has 0 aromatic heterocycles. The van der Waals surface area contributed by atoms with E-state index >= 15 is 0 Å². The van der Waals surface area contributed by atoms with Crippen molar-refractivity contribution in [1.29, 1.82) is 0 Å². The van der Waals surface area contributed by atoms with Crippen molar-refractivity contribution in [1.82, 2.24) is 4.72 Å². The van der Waals surface area contributed by atoms with Crippen molar-refractivity contribution in [3.63, 3.8) is 0 Å². The summed E-state index contributed by atoms with van der Waals surface area (Å²) in [5.74, 6) is -0.790. The average Bonchev–Trinajstić information content (AvgIpc) is 2.35. The van der Waals surface area contributed by atoms with Gasteiger partial charge in [0.15, 0.2) is 0 Å². The Kier molecular flexibility index (Phi) is 4.98. The molecule has 0 fully saturated rings. The first-order valence-electron chi connectivity index (χ1n) is 5.30. The van der Waals surface area contributed by atoms with Crippen molar-refractivity contribution in [2.45, 2.75) is 17.4 Å². The van der Waals surface area contributed by atoms with Crippen LogP contribution >= 0.6 is 0 Å². The van der Waals surface area contributed by atoms with Crippen molar-refractivity contribution >= 4 is 21.6 Å². The number of nitrogens with two attached hydrogens (primary N) is 2. The molecule has 7 nitrogen and oxygen atoms in total. The number of alkyl halides is 2. The van der Waals surface area contributed by atoms with Gasteiger partial charge in [-0.2, -0.15) is 0 Å². The van der Waals surface area contributed by atoms with Crippen LogP contribution in [0.5, 0.6) is 0 Å². The second-order valence-corrected chi connectivity index (χ2v) is 5.61. The number of aliphatic hydroxyl groups is 1. The van der Waals surface area contributed by atoms with Crippen molar-refractivity contribution < 1.29 is 27.1 Å². The molecule has 1 rings (SSSR count). The molecule has 0 radical (unpaired) electrons. The van der Waals surface area contributed by atoms with E-state index in [1.54, 1.807) is 4.72 Å². The number of nitrogen functional groups attached to an aromatic ring is 1. The number of aliphatic hydroxyl groups excluding tert-OH is 1. The number of hydrogen-bond donors (Lipinski definition) is 4. The number of halogens is 2. The fourth-order valence-electron chi connectivity index (χ4n) is 1.31. The molecule has 0 bridgehead atoms. The molecule has 112 valence electrons. The van der Waals surface area contributed by atoms with Gasteiger partial charge in [-0.1, -0.05) is 0 Å². The quantitative estimate of drug-likeness (QED) is 0.514. The molecule has 6 N–H and O–H groups in total. The monoisotopic (exact) mass is 309 g/mol. The Morgan fingerprint density at radius 3 is 2.45 bits per heavy atom. The van der Waals surface area contributed by atoms with Gasteiger partial charge < -0.3 is 16.6 Å². The third-order valence-corrected chi connectivity index (χ3v) is 3.85. The van der Waals surface area contributed by atoms with Crippen LogP contribution in [0.15, 0.2) is 23.1 Å².